The van der Waals surface area contributed by atoms with Gasteiger partial charge >= 0.3 is 0 Å². The Labute approximate surface area is 123 Å². The van der Waals surface area contributed by atoms with Crippen LogP contribution in [0.4, 0.5) is 5.69 Å². The lowest BCUT2D eigenvalue weighted by Crippen LogP contribution is -2.62. The monoisotopic (exact) mass is 292 g/mol. The van der Waals surface area contributed by atoms with Crippen molar-refractivity contribution in [2.45, 2.75) is 38.8 Å². The Kier molecular flexibility index (Phi) is 3.21. The van der Waals surface area contributed by atoms with Gasteiger partial charge in [0.15, 0.2) is 0 Å². The quantitative estimate of drug-likeness (QED) is 0.797. The number of nitrogens with zero attached hydrogens (tertiary/aromatic N) is 2. The van der Waals surface area contributed by atoms with Gasteiger partial charge in [-0.25, -0.2) is 0 Å². The molecule has 1 aromatic rings. The fourth-order valence-electron chi connectivity index (χ4n) is 3.22. The standard InChI is InChI=1S/C15H17ClN2O2/c1-9-5-3-6-11(16)13(9)18-10(2)14(19)17-8-4-7-12(17)15(18)20/h3,5-6,10,12H,4,7-8H2,1-2H3. The van der Waals surface area contributed by atoms with Crippen molar-refractivity contribution in [3.63, 3.8) is 0 Å². The fourth-order valence-corrected chi connectivity index (χ4v) is 3.53. The topological polar surface area (TPSA) is 40.6 Å². The predicted molar refractivity (Wildman–Crippen MR) is 77.9 cm³/mol. The van der Waals surface area contributed by atoms with E-state index in [9.17, 15) is 9.59 Å². The summed E-state index contributed by atoms with van der Waals surface area (Å²) in [6.45, 7) is 4.37. The number of halogens is 1. The summed E-state index contributed by atoms with van der Waals surface area (Å²) in [7, 11) is 0. The molecule has 2 atom stereocenters. The minimum absolute atomic E-state index is 0.00852. The van der Waals surface area contributed by atoms with Crippen LogP contribution in [0.2, 0.25) is 5.02 Å². The van der Waals surface area contributed by atoms with Crippen LogP contribution < -0.4 is 4.90 Å². The molecule has 2 aliphatic heterocycles. The lowest BCUT2D eigenvalue weighted by molar-refractivity contribution is -0.143. The van der Waals surface area contributed by atoms with Crippen LogP contribution in [0.5, 0.6) is 0 Å². The number of carbonyl (C=O) groups excluding carboxylic acids is 2. The highest BCUT2D eigenvalue weighted by molar-refractivity contribution is 6.34. The zero-order valence-electron chi connectivity index (χ0n) is 11.6. The number of piperazine rings is 1. The average Bonchev–Trinajstić information content (AvgIpc) is 2.89. The molecule has 106 valence electrons. The van der Waals surface area contributed by atoms with Crippen molar-refractivity contribution < 1.29 is 9.59 Å². The molecule has 20 heavy (non-hydrogen) atoms. The summed E-state index contributed by atoms with van der Waals surface area (Å²) in [5.74, 6) is 0.0113. The number of anilines is 1. The van der Waals surface area contributed by atoms with E-state index in [1.807, 2.05) is 19.1 Å². The Morgan fingerprint density at radius 2 is 2.00 bits per heavy atom. The highest BCUT2D eigenvalue weighted by Crippen LogP contribution is 2.36. The van der Waals surface area contributed by atoms with E-state index in [-0.39, 0.29) is 17.9 Å². The fraction of sp³-hybridized carbons (Fsp3) is 0.467. The Hall–Kier alpha value is -1.55. The Bertz CT molecular complexity index is 567. The summed E-state index contributed by atoms with van der Waals surface area (Å²) in [6, 6.07) is 4.72. The molecular weight excluding hydrogens is 276 g/mol. The van der Waals surface area contributed by atoms with Crippen molar-refractivity contribution in [3.8, 4) is 0 Å². The molecule has 4 nitrogen and oxygen atoms in total. The van der Waals surface area contributed by atoms with Gasteiger partial charge in [0.25, 0.3) is 5.91 Å². The Morgan fingerprint density at radius 3 is 2.70 bits per heavy atom. The van der Waals surface area contributed by atoms with Crippen molar-refractivity contribution in [3.05, 3.63) is 28.8 Å². The largest absolute Gasteiger partial charge is 0.329 e. The molecule has 3 rings (SSSR count). The number of hydrogen-bond acceptors (Lipinski definition) is 2. The number of hydrogen-bond donors (Lipinski definition) is 0. The summed E-state index contributed by atoms with van der Waals surface area (Å²) in [5, 5.41) is 0.518. The molecule has 1 aromatic carbocycles. The van der Waals surface area contributed by atoms with Gasteiger partial charge in [0.1, 0.15) is 12.1 Å². The maximum Gasteiger partial charge on any atom is 0.250 e. The number of aryl methyl sites for hydroxylation is 1. The van der Waals surface area contributed by atoms with Crippen LogP contribution in [-0.4, -0.2) is 35.3 Å². The highest BCUT2D eigenvalue weighted by Gasteiger charge is 2.47. The Morgan fingerprint density at radius 1 is 1.25 bits per heavy atom. The van der Waals surface area contributed by atoms with Gasteiger partial charge in [0.2, 0.25) is 5.91 Å². The van der Waals surface area contributed by atoms with E-state index in [1.165, 1.54) is 0 Å². The van der Waals surface area contributed by atoms with Crippen molar-refractivity contribution in [1.82, 2.24) is 4.90 Å². The van der Waals surface area contributed by atoms with Gasteiger partial charge in [0, 0.05) is 6.54 Å². The van der Waals surface area contributed by atoms with Crippen LogP contribution in [0.25, 0.3) is 0 Å². The zero-order chi connectivity index (χ0) is 14.4. The third-order valence-electron chi connectivity index (χ3n) is 4.23. The maximum absolute atomic E-state index is 12.7. The normalized spacial score (nSPS) is 26.1. The van der Waals surface area contributed by atoms with Gasteiger partial charge < -0.3 is 4.90 Å². The highest BCUT2D eigenvalue weighted by atomic mass is 35.5. The average molecular weight is 293 g/mol. The summed E-state index contributed by atoms with van der Waals surface area (Å²) in [5.41, 5.74) is 1.59. The SMILES string of the molecule is Cc1cccc(Cl)c1N1C(=O)C2CCCN2C(=O)C1C. The molecule has 0 saturated carbocycles. The summed E-state index contributed by atoms with van der Waals surface area (Å²) >= 11 is 6.27. The van der Waals surface area contributed by atoms with E-state index in [1.54, 1.807) is 22.8 Å². The first-order valence-electron chi connectivity index (χ1n) is 6.91. The van der Waals surface area contributed by atoms with Crippen LogP contribution in [0.1, 0.15) is 25.3 Å². The minimum atomic E-state index is -0.490. The molecule has 2 fully saturated rings. The number of carbonyl (C=O) groups is 2. The van der Waals surface area contributed by atoms with Crippen LogP contribution in [0.15, 0.2) is 18.2 Å². The molecule has 0 spiro atoms. The van der Waals surface area contributed by atoms with Crippen LogP contribution in [0, 0.1) is 6.92 Å². The predicted octanol–water partition coefficient (Wildman–Crippen LogP) is 2.37. The number of amides is 2. The molecular formula is C15H17ClN2O2. The molecule has 0 aromatic heterocycles. The second kappa shape index (κ2) is 4.77. The van der Waals surface area contributed by atoms with Gasteiger partial charge in [-0.3, -0.25) is 14.5 Å². The number of rotatable bonds is 1. The lowest BCUT2D eigenvalue weighted by atomic mass is 10.0. The van der Waals surface area contributed by atoms with Gasteiger partial charge in [-0.2, -0.15) is 0 Å². The minimum Gasteiger partial charge on any atom is -0.329 e. The van der Waals surface area contributed by atoms with Gasteiger partial charge in [-0.1, -0.05) is 23.7 Å². The lowest BCUT2D eigenvalue weighted by Gasteiger charge is -2.41. The third kappa shape index (κ3) is 1.82. The van der Waals surface area contributed by atoms with Gasteiger partial charge in [-0.05, 0) is 38.3 Å². The number of fused-ring (bicyclic) bond motifs is 1. The van der Waals surface area contributed by atoms with Crippen molar-refractivity contribution in [2.24, 2.45) is 0 Å². The van der Waals surface area contributed by atoms with Crippen molar-refractivity contribution in [1.29, 1.82) is 0 Å². The first-order chi connectivity index (χ1) is 9.52. The molecule has 2 saturated heterocycles. The first kappa shape index (κ1) is 13.4. The molecule has 2 amide bonds. The molecule has 0 bridgehead atoms. The van der Waals surface area contributed by atoms with E-state index in [4.69, 9.17) is 11.6 Å². The van der Waals surface area contributed by atoms with E-state index in [0.717, 1.165) is 18.4 Å². The first-order valence-corrected chi connectivity index (χ1v) is 7.29. The Balaban J connectivity index is 2.08. The number of para-hydroxylation sites is 1. The molecule has 2 heterocycles. The summed E-state index contributed by atoms with van der Waals surface area (Å²) in [4.78, 5) is 28.5. The van der Waals surface area contributed by atoms with Crippen LogP contribution in [-0.2, 0) is 9.59 Å². The van der Waals surface area contributed by atoms with Crippen molar-refractivity contribution >= 4 is 29.1 Å². The molecule has 2 unspecified atom stereocenters. The van der Waals surface area contributed by atoms with Crippen molar-refractivity contribution in [2.75, 3.05) is 11.4 Å². The summed E-state index contributed by atoms with van der Waals surface area (Å²) in [6.07, 6.45) is 1.64. The molecule has 0 radical (unpaired) electrons. The molecule has 0 N–H and O–H groups in total. The number of benzene rings is 1. The molecule has 0 aliphatic carbocycles. The third-order valence-corrected chi connectivity index (χ3v) is 4.54. The van der Waals surface area contributed by atoms with Gasteiger partial charge in [0.05, 0.1) is 10.7 Å². The maximum atomic E-state index is 12.7. The molecule has 5 heteroatoms. The van der Waals surface area contributed by atoms with E-state index < -0.39 is 6.04 Å². The van der Waals surface area contributed by atoms with Crippen LogP contribution in [0.3, 0.4) is 0 Å². The second-order valence-corrected chi connectivity index (χ2v) is 5.89. The van der Waals surface area contributed by atoms with E-state index in [2.05, 4.69) is 0 Å². The zero-order valence-corrected chi connectivity index (χ0v) is 12.4. The van der Waals surface area contributed by atoms with Crippen LogP contribution >= 0.6 is 11.6 Å². The smallest absolute Gasteiger partial charge is 0.250 e. The molecule has 2 aliphatic rings. The van der Waals surface area contributed by atoms with Gasteiger partial charge in [-0.15, -0.1) is 0 Å². The second-order valence-electron chi connectivity index (χ2n) is 5.48. The van der Waals surface area contributed by atoms with E-state index in [0.29, 0.717) is 17.3 Å². The summed E-state index contributed by atoms with van der Waals surface area (Å²) < 4.78 is 0. The van der Waals surface area contributed by atoms with E-state index >= 15 is 0 Å².